The third kappa shape index (κ3) is 3.25. The van der Waals surface area contributed by atoms with E-state index in [9.17, 15) is 0 Å². The molecule has 0 unspecified atom stereocenters. The highest BCUT2D eigenvalue weighted by molar-refractivity contribution is 7.13. The minimum absolute atomic E-state index is 0.689. The van der Waals surface area contributed by atoms with E-state index in [0.717, 1.165) is 6.54 Å². The van der Waals surface area contributed by atoms with Crippen molar-refractivity contribution in [3.63, 3.8) is 0 Å². The largest absolute Gasteiger partial charge is 0.310 e. The van der Waals surface area contributed by atoms with Gasteiger partial charge >= 0.3 is 0 Å². The van der Waals surface area contributed by atoms with Gasteiger partial charge < -0.3 is 5.32 Å². The summed E-state index contributed by atoms with van der Waals surface area (Å²) in [5.41, 5.74) is 2.46. The molecule has 0 spiro atoms. The molecule has 0 saturated heterocycles. The summed E-state index contributed by atoms with van der Waals surface area (Å²) in [6.07, 6.45) is 10.2. The molecule has 0 atom stereocenters. The van der Waals surface area contributed by atoms with Crippen molar-refractivity contribution in [1.82, 2.24) is 15.5 Å². The van der Waals surface area contributed by atoms with Crippen LogP contribution in [0.5, 0.6) is 0 Å². The second-order valence-electron chi connectivity index (χ2n) is 5.32. The Balaban J connectivity index is 1.62. The molecule has 3 nitrogen and oxygen atoms in total. The summed E-state index contributed by atoms with van der Waals surface area (Å²) in [6.45, 7) is 0.925. The highest BCUT2D eigenvalue weighted by atomic mass is 32.1. The van der Waals surface area contributed by atoms with Crippen LogP contribution in [0.4, 0.5) is 0 Å². The SMILES string of the molecule is c1csc(-c2[nH]ncc2CNC2CCCCCC2)c1. The first-order chi connectivity index (χ1) is 9.43. The van der Waals surface area contributed by atoms with E-state index in [4.69, 9.17) is 0 Å². The Kier molecular flexibility index (Phi) is 4.30. The number of thiophene rings is 1. The van der Waals surface area contributed by atoms with Crippen molar-refractivity contribution in [3.8, 4) is 10.6 Å². The summed E-state index contributed by atoms with van der Waals surface area (Å²) in [6, 6.07) is 4.92. The first-order valence-corrected chi connectivity index (χ1v) is 8.11. The van der Waals surface area contributed by atoms with Crippen LogP contribution in [0, 0.1) is 0 Å². The third-order valence-electron chi connectivity index (χ3n) is 3.92. The minimum Gasteiger partial charge on any atom is -0.310 e. The summed E-state index contributed by atoms with van der Waals surface area (Å²) in [4.78, 5) is 1.27. The molecule has 0 aliphatic heterocycles. The van der Waals surface area contributed by atoms with Gasteiger partial charge in [-0.3, -0.25) is 5.10 Å². The molecular weight excluding hydrogens is 254 g/mol. The molecular formula is C15H21N3S. The number of aromatic nitrogens is 2. The third-order valence-corrected chi connectivity index (χ3v) is 4.81. The van der Waals surface area contributed by atoms with E-state index >= 15 is 0 Å². The predicted molar refractivity (Wildman–Crippen MR) is 80.2 cm³/mol. The van der Waals surface area contributed by atoms with E-state index in [1.165, 1.54) is 54.7 Å². The molecule has 0 amide bonds. The molecule has 2 heterocycles. The van der Waals surface area contributed by atoms with E-state index in [1.807, 2.05) is 6.20 Å². The van der Waals surface area contributed by atoms with Crippen molar-refractivity contribution in [2.45, 2.75) is 51.1 Å². The standard InChI is InChI=1S/C15H21N3S/c1-2-4-7-13(6-3-1)16-10-12-11-17-18-15(12)14-8-5-9-19-14/h5,8-9,11,13,16H,1-4,6-7,10H2,(H,17,18). The van der Waals surface area contributed by atoms with Gasteiger partial charge in [0.1, 0.15) is 0 Å². The number of nitrogens with zero attached hydrogens (tertiary/aromatic N) is 1. The molecule has 1 aliphatic carbocycles. The summed E-state index contributed by atoms with van der Waals surface area (Å²) < 4.78 is 0. The first-order valence-electron chi connectivity index (χ1n) is 7.23. The molecule has 1 saturated carbocycles. The van der Waals surface area contributed by atoms with E-state index in [-0.39, 0.29) is 0 Å². The molecule has 2 aromatic heterocycles. The van der Waals surface area contributed by atoms with Crippen LogP contribution in [0.15, 0.2) is 23.7 Å². The fourth-order valence-electron chi connectivity index (χ4n) is 2.82. The lowest BCUT2D eigenvalue weighted by atomic mass is 10.1. The minimum atomic E-state index is 0.689. The summed E-state index contributed by atoms with van der Waals surface area (Å²) in [5.74, 6) is 0. The van der Waals surface area contributed by atoms with Crippen LogP contribution in [0.3, 0.4) is 0 Å². The fourth-order valence-corrected chi connectivity index (χ4v) is 3.57. The van der Waals surface area contributed by atoms with Crippen LogP contribution >= 0.6 is 11.3 Å². The van der Waals surface area contributed by atoms with Gasteiger partial charge in [-0.05, 0) is 24.3 Å². The van der Waals surface area contributed by atoms with Gasteiger partial charge in [0.2, 0.25) is 0 Å². The molecule has 2 N–H and O–H groups in total. The smallest absolute Gasteiger partial charge is 0.0794 e. The number of rotatable bonds is 4. The average Bonchev–Trinajstić information content (AvgIpc) is 3.03. The molecule has 0 radical (unpaired) electrons. The average molecular weight is 275 g/mol. The Labute approximate surface area is 118 Å². The van der Waals surface area contributed by atoms with Gasteiger partial charge in [0.15, 0.2) is 0 Å². The Bertz CT molecular complexity index is 481. The maximum Gasteiger partial charge on any atom is 0.0794 e. The van der Waals surface area contributed by atoms with Gasteiger partial charge in [0.05, 0.1) is 16.8 Å². The highest BCUT2D eigenvalue weighted by Crippen LogP contribution is 2.26. The predicted octanol–water partition coefficient (Wildman–Crippen LogP) is 3.95. The van der Waals surface area contributed by atoms with E-state index < -0.39 is 0 Å². The maximum atomic E-state index is 4.20. The summed E-state index contributed by atoms with van der Waals surface area (Å²) in [5, 5.41) is 13.2. The van der Waals surface area contributed by atoms with Gasteiger partial charge in [-0.15, -0.1) is 11.3 Å². The van der Waals surface area contributed by atoms with Crippen molar-refractivity contribution in [2.24, 2.45) is 0 Å². The van der Waals surface area contributed by atoms with Crippen molar-refractivity contribution >= 4 is 11.3 Å². The molecule has 1 fully saturated rings. The molecule has 0 aromatic carbocycles. The van der Waals surface area contributed by atoms with Gasteiger partial charge in [0, 0.05) is 18.2 Å². The van der Waals surface area contributed by atoms with E-state index in [1.54, 1.807) is 11.3 Å². The lowest BCUT2D eigenvalue weighted by Gasteiger charge is -2.15. The normalized spacial score (nSPS) is 17.5. The Morgan fingerprint density at radius 2 is 2.11 bits per heavy atom. The molecule has 102 valence electrons. The highest BCUT2D eigenvalue weighted by Gasteiger charge is 2.13. The van der Waals surface area contributed by atoms with Crippen LogP contribution in [-0.2, 0) is 6.54 Å². The fraction of sp³-hybridized carbons (Fsp3) is 0.533. The Morgan fingerprint density at radius 3 is 2.84 bits per heavy atom. The Hall–Kier alpha value is -1.13. The monoisotopic (exact) mass is 275 g/mol. The maximum absolute atomic E-state index is 4.20. The number of aromatic amines is 1. The molecule has 1 aliphatic rings. The van der Waals surface area contributed by atoms with Gasteiger partial charge in [-0.25, -0.2) is 0 Å². The Morgan fingerprint density at radius 1 is 1.26 bits per heavy atom. The zero-order valence-electron chi connectivity index (χ0n) is 11.2. The van der Waals surface area contributed by atoms with Crippen LogP contribution < -0.4 is 5.32 Å². The van der Waals surface area contributed by atoms with Crippen LogP contribution in [0.25, 0.3) is 10.6 Å². The van der Waals surface area contributed by atoms with Crippen molar-refractivity contribution in [3.05, 3.63) is 29.3 Å². The van der Waals surface area contributed by atoms with E-state index in [0.29, 0.717) is 6.04 Å². The molecule has 2 aromatic rings. The topological polar surface area (TPSA) is 40.7 Å². The molecule has 0 bridgehead atoms. The number of H-pyrrole nitrogens is 1. The van der Waals surface area contributed by atoms with Crippen molar-refractivity contribution in [2.75, 3.05) is 0 Å². The second-order valence-corrected chi connectivity index (χ2v) is 6.26. The van der Waals surface area contributed by atoms with Crippen LogP contribution in [0.1, 0.15) is 44.1 Å². The second kappa shape index (κ2) is 6.35. The van der Waals surface area contributed by atoms with Gasteiger partial charge in [-0.2, -0.15) is 5.10 Å². The molecule has 4 heteroatoms. The number of hydrogen-bond donors (Lipinski definition) is 2. The molecule has 3 rings (SSSR count). The first kappa shape index (κ1) is 12.9. The summed E-state index contributed by atoms with van der Waals surface area (Å²) >= 11 is 1.76. The lowest BCUT2D eigenvalue weighted by Crippen LogP contribution is -2.27. The van der Waals surface area contributed by atoms with Crippen molar-refractivity contribution < 1.29 is 0 Å². The quantitative estimate of drug-likeness (QED) is 0.829. The van der Waals surface area contributed by atoms with Gasteiger partial charge in [0.25, 0.3) is 0 Å². The lowest BCUT2D eigenvalue weighted by molar-refractivity contribution is 0.459. The zero-order chi connectivity index (χ0) is 12.9. The van der Waals surface area contributed by atoms with Crippen molar-refractivity contribution in [1.29, 1.82) is 0 Å². The van der Waals surface area contributed by atoms with E-state index in [2.05, 4.69) is 33.0 Å². The van der Waals surface area contributed by atoms with Crippen LogP contribution in [0.2, 0.25) is 0 Å². The summed E-state index contributed by atoms with van der Waals surface area (Å²) in [7, 11) is 0. The van der Waals surface area contributed by atoms with Gasteiger partial charge in [-0.1, -0.05) is 31.7 Å². The number of nitrogens with one attached hydrogen (secondary N) is 2. The molecule has 19 heavy (non-hydrogen) atoms. The number of hydrogen-bond acceptors (Lipinski definition) is 3. The van der Waals surface area contributed by atoms with Crippen LogP contribution in [-0.4, -0.2) is 16.2 Å². The zero-order valence-corrected chi connectivity index (χ0v) is 12.0.